The Kier molecular flexibility index (Phi) is 4.52. The van der Waals surface area contributed by atoms with E-state index in [0.717, 1.165) is 6.42 Å². The molecule has 0 bridgehead atoms. The lowest BCUT2D eigenvalue weighted by atomic mass is 9.78. The third-order valence-electron chi connectivity index (χ3n) is 4.19. The molecule has 1 aliphatic rings. The number of hydrogen-bond acceptors (Lipinski definition) is 0. The van der Waals surface area contributed by atoms with E-state index >= 15 is 0 Å². The van der Waals surface area contributed by atoms with Crippen molar-refractivity contribution in [3.63, 3.8) is 0 Å². The predicted octanol–water partition coefficient (Wildman–Crippen LogP) is 5.97. The molecule has 0 nitrogen and oxygen atoms in total. The Labute approximate surface area is 125 Å². The first-order valence-electron chi connectivity index (χ1n) is 6.48. The zero-order valence-corrected chi connectivity index (χ0v) is 13.1. The molecule has 0 radical (unpaired) electrons. The van der Waals surface area contributed by atoms with Crippen molar-refractivity contribution >= 4 is 34.8 Å². The van der Waals surface area contributed by atoms with E-state index < -0.39 is 0 Å². The van der Waals surface area contributed by atoms with Crippen LogP contribution in [0.5, 0.6) is 0 Å². The summed E-state index contributed by atoms with van der Waals surface area (Å²) < 4.78 is 0. The molecule has 2 unspecified atom stereocenters. The van der Waals surface area contributed by atoms with E-state index in [1.807, 2.05) is 18.2 Å². The molecule has 0 N–H and O–H groups in total. The molecule has 1 fully saturated rings. The molecule has 1 aliphatic carbocycles. The summed E-state index contributed by atoms with van der Waals surface area (Å²) in [5.41, 5.74) is 1.54. The maximum absolute atomic E-state index is 6.62. The molecular weight excluding hydrogens is 287 g/mol. The summed E-state index contributed by atoms with van der Waals surface area (Å²) in [7, 11) is 0. The highest BCUT2D eigenvalue weighted by Gasteiger charge is 2.38. The van der Waals surface area contributed by atoms with Gasteiger partial charge >= 0.3 is 0 Å². The Morgan fingerprint density at radius 2 is 2.00 bits per heavy atom. The van der Waals surface area contributed by atoms with Crippen LogP contribution in [0.15, 0.2) is 18.2 Å². The average Bonchev–Trinajstić information content (AvgIpc) is 2.63. The molecule has 0 amide bonds. The normalized spacial score (nSPS) is 24.2. The molecule has 0 saturated heterocycles. The van der Waals surface area contributed by atoms with Gasteiger partial charge in [-0.2, -0.15) is 0 Å². The van der Waals surface area contributed by atoms with Gasteiger partial charge in [0.2, 0.25) is 0 Å². The van der Waals surface area contributed by atoms with Gasteiger partial charge in [-0.15, -0.1) is 11.6 Å². The van der Waals surface area contributed by atoms with Gasteiger partial charge in [0, 0.05) is 5.38 Å². The second kappa shape index (κ2) is 5.61. The molecule has 0 spiro atoms. The van der Waals surface area contributed by atoms with Crippen LogP contribution in [-0.4, -0.2) is 5.38 Å². The Balaban J connectivity index is 2.07. The number of benzene rings is 1. The summed E-state index contributed by atoms with van der Waals surface area (Å²) in [6.45, 7) is 4.66. The van der Waals surface area contributed by atoms with Crippen LogP contribution in [0.25, 0.3) is 0 Å². The molecule has 1 aromatic carbocycles. The Morgan fingerprint density at radius 1 is 1.28 bits per heavy atom. The highest BCUT2D eigenvalue weighted by Crippen LogP contribution is 2.46. The Morgan fingerprint density at radius 3 is 2.56 bits per heavy atom. The molecule has 1 aromatic rings. The summed E-state index contributed by atoms with van der Waals surface area (Å²) in [6, 6.07) is 5.80. The molecule has 2 rings (SSSR count). The van der Waals surface area contributed by atoms with Crippen molar-refractivity contribution in [1.82, 2.24) is 0 Å². The number of hydrogen-bond donors (Lipinski definition) is 0. The van der Waals surface area contributed by atoms with Crippen molar-refractivity contribution in [2.24, 2.45) is 11.3 Å². The van der Waals surface area contributed by atoms with Crippen LogP contribution >= 0.6 is 34.8 Å². The largest absolute Gasteiger partial charge is 0.122 e. The van der Waals surface area contributed by atoms with E-state index in [0.29, 0.717) is 21.4 Å². The third-order valence-corrected chi connectivity index (χ3v) is 5.39. The topological polar surface area (TPSA) is 0 Å². The van der Waals surface area contributed by atoms with Crippen LogP contribution < -0.4 is 0 Å². The van der Waals surface area contributed by atoms with Gasteiger partial charge in [-0.05, 0) is 48.3 Å². The van der Waals surface area contributed by atoms with Gasteiger partial charge in [0.1, 0.15) is 0 Å². The van der Waals surface area contributed by atoms with Crippen molar-refractivity contribution in [3.8, 4) is 0 Å². The molecule has 0 aromatic heterocycles. The van der Waals surface area contributed by atoms with Crippen LogP contribution in [-0.2, 0) is 6.42 Å². The van der Waals surface area contributed by atoms with Gasteiger partial charge < -0.3 is 0 Å². The van der Waals surface area contributed by atoms with Crippen LogP contribution in [0.1, 0.15) is 38.7 Å². The summed E-state index contributed by atoms with van der Waals surface area (Å²) in [6.07, 6.45) is 4.68. The lowest BCUT2D eigenvalue weighted by molar-refractivity contribution is 0.250. The smallest absolute Gasteiger partial charge is 0.0595 e. The van der Waals surface area contributed by atoms with Gasteiger partial charge in [0.25, 0.3) is 0 Å². The molecular formula is C15H19Cl3. The van der Waals surface area contributed by atoms with Crippen LogP contribution in [0.2, 0.25) is 10.0 Å². The third kappa shape index (κ3) is 3.15. The standard InChI is InChI=1S/C15H19Cl3/c1-15(2)7-3-4-11(15)13(17)8-10-5-6-12(16)14(18)9-10/h5-6,9,11,13H,3-4,7-8H2,1-2H3. The van der Waals surface area contributed by atoms with Gasteiger partial charge in [-0.3, -0.25) is 0 Å². The van der Waals surface area contributed by atoms with Gasteiger partial charge in [-0.1, -0.05) is 49.5 Å². The summed E-state index contributed by atoms with van der Waals surface area (Å²) >= 11 is 18.6. The van der Waals surface area contributed by atoms with Crippen molar-refractivity contribution in [2.75, 3.05) is 0 Å². The first-order chi connectivity index (χ1) is 8.40. The fourth-order valence-electron chi connectivity index (χ4n) is 3.06. The second-order valence-electron chi connectivity index (χ2n) is 5.96. The summed E-state index contributed by atoms with van der Waals surface area (Å²) in [5, 5.41) is 1.40. The van der Waals surface area contributed by atoms with Crippen molar-refractivity contribution in [3.05, 3.63) is 33.8 Å². The molecule has 0 heterocycles. The number of rotatable bonds is 3. The van der Waals surface area contributed by atoms with Gasteiger partial charge in [0.15, 0.2) is 0 Å². The van der Waals surface area contributed by atoms with Crippen LogP contribution in [0.4, 0.5) is 0 Å². The quantitative estimate of drug-likeness (QED) is 0.603. The fourth-order valence-corrected chi connectivity index (χ4v) is 4.02. The van der Waals surface area contributed by atoms with Crippen molar-refractivity contribution < 1.29 is 0 Å². The first-order valence-corrected chi connectivity index (χ1v) is 7.67. The molecule has 1 saturated carbocycles. The second-order valence-corrected chi connectivity index (χ2v) is 7.33. The molecule has 100 valence electrons. The zero-order valence-electron chi connectivity index (χ0n) is 10.8. The Bertz CT molecular complexity index is 426. The Hall–Kier alpha value is 0.0900. The minimum Gasteiger partial charge on any atom is -0.122 e. The predicted molar refractivity (Wildman–Crippen MR) is 80.9 cm³/mol. The maximum Gasteiger partial charge on any atom is 0.0595 e. The monoisotopic (exact) mass is 304 g/mol. The van der Waals surface area contributed by atoms with Gasteiger partial charge in [-0.25, -0.2) is 0 Å². The van der Waals surface area contributed by atoms with Crippen molar-refractivity contribution in [2.45, 2.75) is 44.9 Å². The van der Waals surface area contributed by atoms with E-state index in [-0.39, 0.29) is 5.38 Å². The van der Waals surface area contributed by atoms with Gasteiger partial charge in [0.05, 0.1) is 10.0 Å². The fraction of sp³-hybridized carbons (Fsp3) is 0.600. The van der Waals surface area contributed by atoms with E-state index in [2.05, 4.69) is 13.8 Å². The highest BCUT2D eigenvalue weighted by molar-refractivity contribution is 6.42. The van der Waals surface area contributed by atoms with E-state index in [4.69, 9.17) is 34.8 Å². The van der Waals surface area contributed by atoms with E-state index in [9.17, 15) is 0 Å². The molecule has 18 heavy (non-hydrogen) atoms. The zero-order chi connectivity index (χ0) is 13.3. The lowest BCUT2D eigenvalue weighted by Crippen LogP contribution is -2.27. The van der Waals surface area contributed by atoms with Crippen LogP contribution in [0.3, 0.4) is 0 Å². The summed E-state index contributed by atoms with van der Waals surface area (Å²) in [4.78, 5) is 0. The minimum absolute atomic E-state index is 0.180. The number of halogens is 3. The van der Waals surface area contributed by atoms with Crippen molar-refractivity contribution in [1.29, 1.82) is 0 Å². The molecule has 0 aliphatic heterocycles. The van der Waals surface area contributed by atoms with E-state index in [1.54, 1.807) is 0 Å². The SMILES string of the molecule is CC1(C)CCCC1C(Cl)Cc1ccc(Cl)c(Cl)c1. The molecule has 2 atom stereocenters. The average molecular weight is 306 g/mol. The number of alkyl halides is 1. The minimum atomic E-state index is 0.180. The first kappa shape index (κ1) is 14.5. The lowest BCUT2D eigenvalue weighted by Gasteiger charge is -2.31. The van der Waals surface area contributed by atoms with E-state index in [1.165, 1.54) is 24.8 Å². The molecule has 3 heteroatoms. The highest BCUT2D eigenvalue weighted by atomic mass is 35.5. The summed E-state index contributed by atoms with van der Waals surface area (Å²) in [5.74, 6) is 0.591. The van der Waals surface area contributed by atoms with Crippen LogP contribution in [0, 0.1) is 11.3 Å². The maximum atomic E-state index is 6.62.